The predicted molar refractivity (Wildman–Crippen MR) is 154 cm³/mol. The molecular formula is C29H34B2S2. The van der Waals surface area contributed by atoms with E-state index < -0.39 is 0 Å². The van der Waals surface area contributed by atoms with Gasteiger partial charge in [-0.2, -0.15) is 0 Å². The zero-order valence-corrected chi connectivity index (χ0v) is 22.4. The molecule has 33 heavy (non-hydrogen) atoms. The zero-order valence-electron chi connectivity index (χ0n) is 20.6. The number of benzene rings is 1. The molecule has 1 aromatic rings. The first-order chi connectivity index (χ1) is 15.6. The van der Waals surface area contributed by atoms with Gasteiger partial charge in [0.1, 0.15) is 15.7 Å². The first-order valence-electron chi connectivity index (χ1n) is 11.9. The first-order valence-corrected chi connectivity index (χ1v) is 12.8. The highest BCUT2D eigenvalue weighted by Gasteiger charge is 2.27. The topological polar surface area (TPSA) is 0 Å². The molecule has 4 heteroatoms. The van der Waals surface area contributed by atoms with Gasteiger partial charge in [-0.25, -0.2) is 0 Å². The van der Waals surface area contributed by atoms with Gasteiger partial charge >= 0.3 is 0 Å². The normalized spacial score (nSPS) is 20.0. The number of rotatable bonds is 6. The van der Waals surface area contributed by atoms with Crippen molar-refractivity contribution in [1.29, 1.82) is 0 Å². The second kappa shape index (κ2) is 10.8. The van der Waals surface area contributed by atoms with E-state index in [0.717, 1.165) is 52.0 Å². The van der Waals surface area contributed by atoms with Crippen LogP contribution in [0.4, 0.5) is 0 Å². The number of hydrogen-bond acceptors (Lipinski definition) is 2. The largest absolute Gasteiger partial charge is 0.143 e. The molecule has 0 N–H and O–H groups in total. The maximum absolute atomic E-state index is 6.31. The number of hydrogen-bond donors (Lipinski definition) is 2. The van der Waals surface area contributed by atoms with Gasteiger partial charge in [0.15, 0.2) is 0 Å². The fraction of sp³-hybridized carbons (Fsp3) is 0.379. The summed E-state index contributed by atoms with van der Waals surface area (Å²) >= 11 is 9.34. The van der Waals surface area contributed by atoms with Crippen molar-refractivity contribution in [2.75, 3.05) is 0 Å². The molecule has 0 aliphatic heterocycles. The molecule has 1 aromatic carbocycles. The molecule has 0 saturated carbocycles. The Balaban J connectivity index is 2.11. The molecule has 168 valence electrons. The van der Waals surface area contributed by atoms with Crippen LogP contribution >= 0.6 is 25.3 Å². The summed E-state index contributed by atoms with van der Waals surface area (Å²) in [5.74, 6) is 1.10. The predicted octanol–water partition coefficient (Wildman–Crippen LogP) is 6.70. The lowest BCUT2D eigenvalue weighted by molar-refractivity contribution is 0.544. The molecule has 2 atom stereocenters. The maximum atomic E-state index is 6.31. The minimum atomic E-state index is 0.485. The van der Waals surface area contributed by atoms with Crippen molar-refractivity contribution in [1.82, 2.24) is 0 Å². The van der Waals surface area contributed by atoms with E-state index in [1.54, 1.807) is 0 Å². The van der Waals surface area contributed by atoms with Gasteiger partial charge in [-0.05, 0) is 103 Å². The van der Waals surface area contributed by atoms with Crippen LogP contribution in [0.2, 0.25) is 0 Å². The Bertz CT molecular complexity index is 1100. The monoisotopic (exact) mass is 468 g/mol. The third kappa shape index (κ3) is 4.98. The minimum absolute atomic E-state index is 0.485. The van der Waals surface area contributed by atoms with Gasteiger partial charge in [-0.1, -0.05) is 61.7 Å². The summed E-state index contributed by atoms with van der Waals surface area (Å²) in [4.78, 5) is 1.38. The van der Waals surface area contributed by atoms with Crippen LogP contribution in [0.25, 0.3) is 5.57 Å². The summed E-state index contributed by atoms with van der Waals surface area (Å²) in [5.41, 5.74) is 10.4. The van der Waals surface area contributed by atoms with Crippen LogP contribution in [0, 0.1) is 18.8 Å². The number of allylic oxidation sites excluding steroid dienone is 11. The van der Waals surface area contributed by atoms with Gasteiger partial charge in [-0.15, -0.1) is 25.3 Å². The summed E-state index contributed by atoms with van der Waals surface area (Å²) in [6.07, 6.45) is 16.1. The summed E-state index contributed by atoms with van der Waals surface area (Å²) < 4.78 is 0. The smallest absolute Gasteiger partial charge is 0.114 e. The van der Waals surface area contributed by atoms with Crippen molar-refractivity contribution in [2.24, 2.45) is 11.8 Å². The second-order valence-electron chi connectivity index (χ2n) is 9.29. The third-order valence-corrected chi connectivity index (χ3v) is 8.33. The van der Waals surface area contributed by atoms with Gasteiger partial charge in [-0.3, -0.25) is 0 Å². The van der Waals surface area contributed by atoms with E-state index in [9.17, 15) is 0 Å². The molecule has 2 unspecified atom stereocenters. The SMILES string of the molecule is [B]c1c([B])c(S)c(S)c(C(=C/C)/C(C)=C\C(=C)C2=C3C=CCCC3CC=C2C(C)CC)c1C. The summed E-state index contributed by atoms with van der Waals surface area (Å²) in [6, 6.07) is 0. The molecule has 0 fully saturated rings. The van der Waals surface area contributed by atoms with Gasteiger partial charge in [0.05, 0.1) is 0 Å². The van der Waals surface area contributed by atoms with Crippen molar-refractivity contribution < 1.29 is 0 Å². The lowest BCUT2D eigenvalue weighted by atomic mass is 9.72. The zero-order chi connectivity index (χ0) is 24.4. The Labute approximate surface area is 214 Å². The summed E-state index contributed by atoms with van der Waals surface area (Å²) in [5, 5.41) is 0. The Morgan fingerprint density at radius 2 is 1.94 bits per heavy atom. The van der Waals surface area contributed by atoms with Gasteiger partial charge < -0.3 is 0 Å². The van der Waals surface area contributed by atoms with Crippen LogP contribution in [0.15, 0.2) is 74.6 Å². The van der Waals surface area contributed by atoms with E-state index in [4.69, 9.17) is 28.3 Å². The highest BCUT2D eigenvalue weighted by molar-refractivity contribution is 7.83. The molecule has 0 bridgehead atoms. The minimum Gasteiger partial charge on any atom is -0.143 e. The van der Waals surface area contributed by atoms with Crippen LogP contribution in [0.1, 0.15) is 64.5 Å². The van der Waals surface area contributed by atoms with Gasteiger partial charge in [0.25, 0.3) is 0 Å². The van der Waals surface area contributed by atoms with Crippen molar-refractivity contribution in [2.45, 2.75) is 70.1 Å². The Morgan fingerprint density at radius 1 is 1.24 bits per heavy atom. The van der Waals surface area contributed by atoms with Gasteiger partial charge in [0.2, 0.25) is 0 Å². The van der Waals surface area contributed by atoms with Gasteiger partial charge in [0, 0.05) is 9.79 Å². The molecule has 0 heterocycles. The fourth-order valence-corrected chi connectivity index (χ4v) is 5.75. The van der Waals surface area contributed by atoms with E-state index in [-0.39, 0.29) is 0 Å². The van der Waals surface area contributed by atoms with Crippen molar-refractivity contribution >= 4 is 57.4 Å². The number of thiol groups is 2. The van der Waals surface area contributed by atoms with Crippen molar-refractivity contribution in [3.63, 3.8) is 0 Å². The fourth-order valence-electron chi connectivity index (χ4n) is 5.11. The summed E-state index contributed by atoms with van der Waals surface area (Å²) in [7, 11) is 12.5. The van der Waals surface area contributed by atoms with Crippen LogP contribution < -0.4 is 10.9 Å². The van der Waals surface area contributed by atoms with Crippen LogP contribution in [-0.4, -0.2) is 15.7 Å². The highest BCUT2D eigenvalue weighted by atomic mass is 32.1. The molecule has 3 rings (SSSR count). The van der Waals surface area contributed by atoms with E-state index in [2.05, 4.69) is 70.4 Å². The quantitative estimate of drug-likeness (QED) is 0.259. The second-order valence-corrected chi connectivity index (χ2v) is 10.2. The van der Waals surface area contributed by atoms with Crippen molar-refractivity contribution in [3.05, 3.63) is 76.0 Å². The lowest BCUT2D eigenvalue weighted by Crippen LogP contribution is -2.31. The Kier molecular flexibility index (Phi) is 8.56. The highest BCUT2D eigenvalue weighted by Crippen LogP contribution is 2.43. The molecule has 4 radical (unpaired) electrons. The molecule has 2 aliphatic carbocycles. The van der Waals surface area contributed by atoms with Crippen LogP contribution in [-0.2, 0) is 0 Å². The van der Waals surface area contributed by atoms with Crippen LogP contribution in [0.5, 0.6) is 0 Å². The average Bonchev–Trinajstić information content (AvgIpc) is 2.82. The molecule has 2 aliphatic rings. The lowest BCUT2D eigenvalue weighted by Gasteiger charge is -2.32. The van der Waals surface area contributed by atoms with E-state index in [0.29, 0.717) is 27.7 Å². The first kappa shape index (κ1) is 26.1. The number of fused-ring (bicyclic) bond motifs is 1. The molecule has 0 nitrogen and oxygen atoms in total. The van der Waals surface area contributed by atoms with E-state index >= 15 is 0 Å². The van der Waals surface area contributed by atoms with E-state index in [1.807, 2.05) is 13.8 Å². The molecule has 0 amide bonds. The molecule has 0 spiro atoms. The van der Waals surface area contributed by atoms with Crippen LogP contribution in [0.3, 0.4) is 0 Å². The third-order valence-electron chi connectivity index (χ3n) is 7.24. The van der Waals surface area contributed by atoms with E-state index in [1.165, 1.54) is 23.1 Å². The standard InChI is InChI=1S/C29H34B2S2/c1-7-16(3)22-14-13-20-11-9-10-12-23(20)24(22)18(5)15-17(4)21(8-2)25-19(6)26(30)27(31)29(33)28(25)32/h8,10,12,14-16,20,32-33H,5,7,9,11,13H2,1-4,6H3/b17-15-,21-8+. The molecule has 0 saturated heterocycles. The average molecular weight is 468 g/mol. The Morgan fingerprint density at radius 3 is 2.58 bits per heavy atom. The molecular weight excluding hydrogens is 434 g/mol. The summed E-state index contributed by atoms with van der Waals surface area (Å²) in [6.45, 7) is 15.3. The maximum Gasteiger partial charge on any atom is 0.114 e. The Hall–Kier alpha value is -1.51. The molecule has 0 aromatic heterocycles. The van der Waals surface area contributed by atoms with Crippen molar-refractivity contribution in [3.8, 4) is 0 Å².